The van der Waals surface area contributed by atoms with Crippen molar-refractivity contribution in [2.45, 2.75) is 26.3 Å². The summed E-state index contributed by atoms with van der Waals surface area (Å²) < 4.78 is 5.49. The van der Waals surface area contributed by atoms with Gasteiger partial charge in [-0.2, -0.15) is 0 Å². The summed E-state index contributed by atoms with van der Waals surface area (Å²) in [5, 5.41) is 32.2. The predicted molar refractivity (Wildman–Crippen MR) is 133 cm³/mol. The summed E-state index contributed by atoms with van der Waals surface area (Å²) in [5.41, 5.74) is 1.64. The Hall–Kier alpha value is -3.97. The molecule has 8 heteroatoms. The molecule has 0 bridgehead atoms. The van der Waals surface area contributed by atoms with Gasteiger partial charge in [0.2, 0.25) is 0 Å². The molecule has 1 unspecified atom stereocenters. The second-order valence-corrected chi connectivity index (χ2v) is 8.45. The number of ether oxygens (including phenoxy) is 1. The molecule has 1 atom stereocenters. The van der Waals surface area contributed by atoms with Gasteiger partial charge in [0.05, 0.1) is 23.9 Å². The third kappa shape index (κ3) is 4.42. The van der Waals surface area contributed by atoms with Gasteiger partial charge in [-0.05, 0) is 54.8 Å². The van der Waals surface area contributed by atoms with Gasteiger partial charge >= 0.3 is 0 Å². The zero-order valence-corrected chi connectivity index (χ0v) is 19.9. The first-order valence-corrected chi connectivity index (χ1v) is 11.5. The highest BCUT2D eigenvalue weighted by Gasteiger charge is 2.48. The Labute approximate surface area is 207 Å². The number of aliphatic hydroxyl groups excluding tert-OH is 1. The normalized spacial score (nSPS) is 17.1. The summed E-state index contributed by atoms with van der Waals surface area (Å²) >= 11 is 6.14. The number of ketones is 1. The highest BCUT2D eigenvalue weighted by Crippen LogP contribution is 2.46. The minimum atomic E-state index is -1.12. The zero-order valence-electron chi connectivity index (χ0n) is 19.2. The molecule has 180 valence electrons. The molecule has 3 N–H and O–H groups in total. The average molecular weight is 494 g/mol. The number of aliphatic hydroxyl groups is 1. The second-order valence-electron chi connectivity index (χ2n) is 8.01. The van der Waals surface area contributed by atoms with Gasteiger partial charge in [-0.3, -0.25) is 14.5 Å². The first-order chi connectivity index (χ1) is 16.8. The van der Waals surface area contributed by atoms with Crippen molar-refractivity contribution in [1.82, 2.24) is 0 Å². The molecule has 4 rings (SSSR count). The number of benzene rings is 3. The maximum atomic E-state index is 13.3. The van der Waals surface area contributed by atoms with Gasteiger partial charge in [-0.1, -0.05) is 48.9 Å². The molecule has 1 amide bonds. The number of halogens is 1. The first kappa shape index (κ1) is 24.2. The van der Waals surface area contributed by atoms with E-state index in [0.717, 1.165) is 16.9 Å². The Morgan fingerprint density at radius 2 is 1.66 bits per heavy atom. The van der Waals surface area contributed by atoms with Crippen molar-refractivity contribution in [3.63, 3.8) is 0 Å². The van der Waals surface area contributed by atoms with E-state index < -0.39 is 17.7 Å². The lowest BCUT2D eigenvalue weighted by Gasteiger charge is -2.26. The smallest absolute Gasteiger partial charge is 0.300 e. The van der Waals surface area contributed by atoms with Crippen LogP contribution in [0.25, 0.3) is 5.76 Å². The maximum Gasteiger partial charge on any atom is 0.300 e. The van der Waals surface area contributed by atoms with Crippen molar-refractivity contribution in [2.24, 2.45) is 0 Å². The van der Waals surface area contributed by atoms with E-state index in [0.29, 0.717) is 11.1 Å². The topological polar surface area (TPSA) is 107 Å². The predicted octanol–water partition coefficient (Wildman–Crippen LogP) is 5.34. The lowest BCUT2D eigenvalue weighted by molar-refractivity contribution is -0.132. The van der Waals surface area contributed by atoms with Crippen LogP contribution in [0.15, 0.2) is 66.2 Å². The van der Waals surface area contributed by atoms with Crippen LogP contribution >= 0.6 is 11.6 Å². The van der Waals surface area contributed by atoms with Crippen LogP contribution in [0.4, 0.5) is 5.69 Å². The summed E-state index contributed by atoms with van der Waals surface area (Å²) in [4.78, 5) is 27.6. The summed E-state index contributed by atoms with van der Waals surface area (Å²) in [7, 11) is 0. The number of aromatic hydroxyl groups is 2. The standard InChI is InChI=1S/C27H24ClNO6/c1-3-15-5-7-16(8-6-15)25(32)23-24(17-9-11-21(31)22(13-17)35-4-2)29(27(34)26(23)33)19-14-18(28)10-12-20(19)30/h5-14,24,30-32H,3-4H2,1-2H3/b25-23+. The van der Waals surface area contributed by atoms with E-state index in [1.807, 2.05) is 19.1 Å². The monoisotopic (exact) mass is 493 g/mol. The molecule has 1 saturated heterocycles. The van der Waals surface area contributed by atoms with E-state index >= 15 is 0 Å². The largest absolute Gasteiger partial charge is 0.507 e. The number of anilines is 1. The maximum absolute atomic E-state index is 13.3. The van der Waals surface area contributed by atoms with Gasteiger partial charge in [-0.15, -0.1) is 0 Å². The zero-order chi connectivity index (χ0) is 25.3. The fraction of sp³-hybridized carbons (Fsp3) is 0.185. The molecule has 0 spiro atoms. The van der Waals surface area contributed by atoms with E-state index in [-0.39, 0.29) is 45.9 Å². The number of phenols is 2. The molecule has 0 aliphatic carbocycles. The highest BCUT2D eigenvalue weighted by molar-refractivity contribution is 6.52. The van der Waals surface area contributed by atoms with Crippen molar-refractivity contribution in [3.05, 3.63) is 87.9 Å². The van der Waals surface area contributed by atoms with E-state index in [1.54, 1.807) is 19.1 Å². The molecule has 0 aromatic heterocycles. The van der Waals surface area contributed by atoms with E-state index in [9.17, 15) is 24.9 Å². The van der Waals surface area contributed by atoms with Crippen molar-refractivity contribution in [1.29, 1.82) is 0 Å². The number of carbonyl (C=O) groups excluding carboxylic acids is 2. The second kappa shape index (κ2) is 9.72. The van der Waals surface area contributed by atoms with Crippen molar-refractivity contribution in [2.75, 3.05) is 11.5 Å². The molecule has 3 aromatic rings. The van der Waals surface area contributed by atoms with Crippen LogP contribution in [0.2, 0.25) is 5.02 Å². The van der Waals surface area contributed by atoms with Gasteiger partial charge in [0, 0.05) is 10.6 Å². The lowest BCUT2D eigenvalue weighted by Crippen LogP contribution is -2.29. The van der Waals surface area contributed by atoms with E-state index in [1.165, 1.54) is 36.4 Å². The van der Waals surface area contributed by atoms with Crippen LogP contribution in [0.5, 0.6) is 17.2 Å². The van der Waals surface area contributed by atoms with Crippen molar-refractivity contribution >= 4 is 34.7 Å². The lowest BCUT2D eigenvalue weighted by atomic mass is 9.94. The van der Waals surface area contributed by atoms with Crippen LogP contribution in [-0.4, -0.2) is 33.6 Å². The van der Waals surface area contributed by atoms with Gasteiger partial charge in [0.1, 0.15) is 11.5 Å². The quantitative estimate of drug-likeness (QED) is 0.243. The Balaban J connectivity index is 1.97. The summed E-state index contributed by atoms with van der Waals surface area (Å²) in [6.07, 6.45) is 0.799. The van der Waals surface area contributed by atoms with Gasteiger partial charge in [0.25, 0.3) is 11.7 Å². The Morgan fingerprint density at radius 1 is 0.971 bits per heavy atom. The third-order valence-corrected chi connectivity index (χ3v) is 6.11. The van der Waals surface area contributed by atoms with Crippen LogP contribution in [0, 0.1) is 0 Å². The highest BCUT2D eigenvalue weighted by atomic mass is 35.5. The number of hydrogen-bond donors (Lipinski definition) is 3. The Kier molecular flexibility index (Phi) is 6.71. The molecule has 0 radical (unpaired) electrons. The molecule has 1 heterocycles. The van der Waals surface area contributed by atoms with Gasteiger partial charge in [0.15, 0.2) is 11.5 Å². The van der Waals surface area contributed by atoms with Crippen LogP contribution in [-0.2, 0) is 16.0 Å². The fourth-order valence-corrected chi connectivity index (χ4v) is 4.28. The number of Topliss-reactive ketones (excluding diaryl/α,β-unsaturated/α-hetero) is 1. The minimum Gasteiger partial charge on any atom is -0.507 e. The molecule has 3 aromatic carbocycles. The minimum absolute atomic E-state index is 0.0102. The Morgan fingerprint density at radius 3 is 2.31 bits per heavy atom. The molecule has 1 fully saturated rings. The van der Waals surface area contributed by atoms with E-state index in [2.05, 4.69) is 0 Å². The van der Waals surface area contributed by atoms with Gasteiger partial charge < -0.3 is 20.1 Å². The molecular weight excluding hydrogens is 470 g/mol. The number of hydrogen-bond acceptors (Lipinski definition) is 6. The molecule has 7 nitrogen and oxygen atoms in total. The SMILES string of the molecule is CCOc1cc(C2/C(=C(\O)c3ccc(CC)cc3)C(=O)C(=O)N2c2cc(Cl)ccc2O)ccc1O. The average Bonchev–Trinajstić information content (AvgIpc) is 3.12. The van der Waals surface area contributed by atoms with Crippen LogP contribution < -0.4 is 9.64 Å². The first-order valence-electron chi connectivity index (χ1n) is 11.1. The number of rotatable bonds is 6. The summed E-state index contributed by atoms with van der Waals surface area (Å²) in [5.74, 6) is -2.45. The van der Waals surface area contributed by atoms with Crippen molar-refractivity contribution < 1.29 is 29.6 Å². The van der Waals surface area contributed by atoms with Crippen molar-refractivity contribution in [3.8, 4) is 17.2 Å². The number of carbonyl (C=O) groups is 2. The Bertz CT molecular complexity index is 1330. The molecule has 1 aliphatic rings. The number of phenolic OH excluding ortho intramolecular Hbond substituents is 2. The number of amides is 1. The van der Waals surface area contributed by atoms with E-state index in [4.69, 9.17) is 16.3 Å². The molecule has 35 heavy (non-hydrogen) atoms. The van der Waals surface area contributed by atoms with Gasteiger partial charge in [-0.25, -0.2) is 0 Å². The van der Waals surface area contributed by atoms with Crippen LogP contribution in [0.3, 0.4) is 0 Å². The molecular formula is C27H24ClNO6. The number of nitrogens with zero attached hydrogens (tertiary/aromatic N) is 1. The summed E-state index contributed by atoms with van der Waals surface area (Å²) in [6.45, 7) is 4.02. The van der Waals surface area contributed by atoms with Crippen LogP contribution in [0.1, 0.15) is 36.6 Å². The fourth-order valence-electron chi connectivity index (χ4n) is 4.11. The summed E-state index contributed by atoms with van der Waals surface area (Å²) in [6, 6.07) is 14.4. The third-order valence-electron chi connectivity index (χ3n) is 5.88. The number of aryl methyl sites for hydroxylation is 1. The molecule has 1 aliphatic heterocycles. The molecule has 0 saturated carbocycles.